The van der Waals surface area contributed by atoms with Gasteiger partial charge in [0.1, 0.15) is 0 Å². The fourth-order valence-corrected chi connectivity index (χ4v) is 2.42. The summed E-state index contributed by atoms with van der Waals surface area (Å²) >= 11 is 4.58. The summed E-state index contributed by atoms with van der Waals surface area (Å²) in [5.41, 5.74) is 0. The predicted molar refractivity (Wildman–Crippen MR) is 37.6 cm³/mol. The Bertz CT molecular complexity index is 48.2. The van der Waals surface area contributed by atoms with E-state index in [0.29, 0.717) is 0 Å². The van der Waals surface area contributed by atoms with Gasteiger partial charge in [0.2, 0.25) is 0 Å². The normalized spacial score (nSPS) is 6.30. The molecule has 0 unspecified atom stereocenters. The molecule has 0 heterocycles. The Balaban J connectivity index is -0.0000000600. The van der Waals surface area contributed by atoms with Crippen molar-refractivity contribution in [2.75, 3.05) is 5.88 Å². The molecule has 0 aliphatic rings. The molecule has 0 amide bonds. The Morgan fingerprint density at radius 3 is 1.80 bits per heavy atom. The van der Waals surface area contributed by atoms with Crippen LogP contribution in [0.15, 0.2) is 0 Å². The minimum atomic E-state index is -0.841. The Morgan fingerprint density at radius 1 is 1.30 bits per heavy atom. The van der Waals surface area contributed by atoms with Crippen LogP contribution in [0.4, 0.5) is 0 Å². The molecule has 0 radical (unpaired) electrons. The van der Waals surface area contributed by atoms with Gasteiger partial charge in [-0.15, -0.1) is 11.6 Å². The van der Waals surface area contributed by atoms with Crippen LogP contribution in [-0.4, -0.2) is 19.1 Å². The minimum absolute atomic E-state index is 0. The molecule has 0 nitrogen and oxygen atoms in total. The van der Waals surface area contributed by atoms with Gasteiger partial charge in [0.15, 0.2) is 0 Å². The van der Waals surface area contributed by atoms with Crippen LogP contribution in [0.2, 0.25) is 10.6 Å². The first-order valence-corrected chi connectivity index (χ1v) is 6.42. The van der Waals surface area contributed by atoms with Crippen LogP contribution in [0.3, 0.4) is 0 Å². The summed E-state index contributed by atoms with van der Waals surface area (Å²) in [5.74, 6) is 0.744. The second kappa shape index (κ2) is 17.5. The van der Waals surface area contributed by atoms with E-state index in [-0.39, 0.29) is 46.5 Å². The molecule has 0 atom stereocenters. The van der Waals surface area contributed by atoms with Crippen LogP contribution in [-0.2, 0) is 21.7 Å². The number of hydrogen-bond acceptors (Lipinski definition) is 0. The Hall–Kier alpha value is 2.41. The number of rotatable bonds is 3. The average Bonchev–Trinajstić information content (AvgIpc) is 1.68. The maximum atomic E-state index is 5.82. The molecule has 0 aliphatic carbocycles. The van der Waals surface area contributed by atoms with Crippen molar-refractivity contribution in [2.45, 2.75) is 17.5 Å². The van der Waals surface area contributed by atoms with E-state index >= 15 is 0 Å². The number of alkyl halides is 1. The van der Waals surface area contributed by atoms with Gasteiger partial charge in [-0.05, 0) is 0 Å². The van der Waals surface area contributed by atoms with Crippen molar-refractivity contribution in [1.29, 1.82) is 0 Å². The first-order valence-electron chi connectivity index (χ1n) is 2.51. The van der Waals surface area contributed by atoms with Crippen LogP contribution in [0.1, 0.15) is 6.92 Å². The summed E-state index contributed by atoms with van der Waals surface area (Å²) in [6.07, 6.45) is 0. The van der Waals surface area contributed by atoms with Crippen LogP contribution in [0, 0.1) is 0 Å². The van der Waals surface area contributed by atoms with Crippen LogP contribution < -0.4 is 24.8 Å². The summed E-state index contributed by atoms with van der Waals surface area (Å²) in [6.45, 7) is 2.12. The van der Waals surface area contributed by atoms with E-state index in [1.807, 2.05) is 0 Å². The summed E-state index contributed by atoms with van der Waals surface area (Å²) < 4.78 is 0. The molecule has 0 saturated heterocycles. The molecule has 0 N–H and O–H groups in total. The fourth-order valence-electron chi connectivity index (χ4n) is 0.323. The molecule has 0 aromatic heterocycles. The molecule has 60 valence electrons. The van der Waals surface area contributed by atoms with Crippen LogP contribution in [0.25, 0.3) is 0 Å². The van der Waals surface area contributed by atoms with E-state index in [4.69, 9.17) is 21.7 Å². The second-order valence-electron chi connectivity index (χ2n) is 1.48. The van der Waals surface area contributed by atoms with Crippen LogP contribution >= 0.6 is 21.7 Å². The van der Waals surface area contributed by atoms with Gasteiger partial charge in [0, 0.05) is 5.88 Å². The van der Waals surface area contributed by atoms with Crippen molar-refractivity contribution >= 4 is 34.9 Å². The Kier molecular flexibility index (Phi) is 39.9. The Morgan fingerprint density at radius 2 is 1.70 bits per heavy atom. The first kappa shape index (κ1) is 22.8. The SMILES string of the molecule is C[CH2][Al]([Cl])[CH2]CCl.[Cl-].[Cl-].[Ti+2]. The molecule has 0 rings (SSSR count). The average molecular weight is 274 g/mol. The third kappa shape index (κ3) is 16.8. The zero-order chi connectivity index (χ0) is 5.70. The first-order chi connectivity index (χ1) is 3.31. The number of hydrogen-bond donors (Lipinski definition) is 0. The van der Waals surface area contributed by atoms with Crippen molar-refractivity contribution in [1.82, 2.24) is 0 Å². The molecule has 6 heteroatoms. The van der Waals surface area contributed by atoms with Crippen molar-refractivity contribution in [2.24, 2.45) is 0 Å². The Labute approximate surface area is 104 Å². The van der Waals surface area contributed by atoms with Gasteiger partial charge in [-0.25, -0.2) is 0 Å². The van der Waals surface area contributed by atoms with E-state index in [2.05, 4.69) is 6.92 Å². The zero-order valence-corrected chi connectivity index (χ0v) is 11.5. The molecule has 0 spiro atoms. The van der Waals surface area contributed by atoms with E-state index < -0.39 is 13.2 Å². The van der Waals surface area contributed by atoms with Gasteiger partial charge in [0.05, 0.1) is 0 Å². The smallest absolute Gasteiger partial charge is 1.00 e. The van der Waals surface area contributed by atoms with E-state index in [9.17, 15) is 0 Å². The molecule has 0 fully saturated rings. The van der Waals surface area contributed by atoms with Crippen LogP contribution in [0.5, 0.6) is 0 Å². The molecule has 0 aromatic carbocycles. The van der Waals surface area contributed by atoms with Gasteiger partial charge in [-0.3, -0.25) is 10.0 Å². The van der Waals surface area contributed by atoms with Gasteiger partial charge in [-0.2, -0.15) is 0 Å². The maximum absolute atomic E-state index is 5.82. The molecule has 0 saturated carbocycles. The summed E-state index contributed by atoms with van der Waals surface area (Å²) in [4.78, 5) is 0. The van der Waals surface area contributed by atoms with Crippen molar-refractivity contribution in [3.05, 3.63) is 0 Å². The summed E-state index contributed by atoms with van der Waals surface area (Å²) in [6, 6.07) is 0. The third-order valence-corrected chi connectivity index (χ3v) is 4.83. The van der Waals surface area contributed by atoms with Crippen molar-refractivity contribution < 1.29 is 46.5 Å². The van der Waals surface area contributed by atoms with E-state index in [1.54, 1.807) is 0 Å². The molecule has 0 bridgehead atoms. The van der Waals surface area contributed by atoms with Gasteiger partial charge in [-0.1, -0.05) is 17.5 Å². The monoisotopic (exact) mass is 272 g/mol. The molecule has 0 aliphatic heterocycles. The molecular weight excluding hydrogens is 265 g/mol. The van der Waals surface area contributed by atoms with Crippen molar-refractivity contribution in [3.63, 3.8) is 0 Å². The molecule has 0 aromatic rings. The van der Waals surface area contributed by atoms with Gasteiger partial charge in [0.25, 0.3) is 0 Å². The summed E-state index contributed by atoms with van der Waals surface area (Å²) in [5, 5.41) is 2.23. The molecular formula is C4H9AlCl4Ti. The second-order valence-corrected chi connectivity index (χ2v) is 6.30. The minimum Gasteiger partial charge on any atom is -1.00 e. The third-order valence-electron chi connectivity index (χ3n) is 0.865. The van der Waals surface area contributed by atoms with Gasteiger partial charge >= 0.3 is 34.9 Å². The largest absolute Gasteiger partial charge is 2.00 e. The number of halogens is 4. The topological polar surface area (TPSA) is 0 Å². The van der Waals surface area contributed by atoms with Gasteiger partial charge < -0.3 is 24.8 Å². The van der Waals surface area contributed by atoms with E-state index in [0.717, 1.165) is 16.4 Å². The van der Waals surface area contributed by atoms with E-state index in [1.165, 1.54) is 0 Å². The fraction of sp³-hybridized carbons (Fsp3) is 1.00. The zero-order valence-electron chi connectivity index (χ0n) is 5.71. The van der Waals surface area contributed by atoms with Crippen molar-refractivity contribution in [3.8, 4) is 0 Å². The predicted octanol–water partition coefficient (Wildman–Crippen LogP) is -3.52. The standard InChI is InChI=1S/C2H4Cl.C2H5.Al.3ClH.Ti/c1-2-3;1-2;;;;;/h1-2H2;1H2,2H3;;3*1H;/q;;+1;;;;+2/p-3. The maximum Gasteiger partial charge on any atom is 2.00 e. The molecule has 10 heavy (non-hydrogen) atoms. The summed E-state index contributed by atoms with van der Waals surface area (Å²) in [7, 11) is 5.82. The quantitative estimate of drug-likeness (QED) is 0.370.